The molecule has 0 spiro atoms. The van der Waals surface area contributed by atoms with Crippen molar-refractivity contribution in [1.29, 1.82) is 0 Å². The molecule has 2 nitrogen and oxygen atoms in total. The van der Waals surface area contributed by atoms with E-state index in [4.69, 9.17) is 11.6 Å². The number of carbonyl (C=O) groups excluding carboxylic acids is 1. The number of halogens is 5. The van der Waals surface area contributed by atoms with Crippen LogP contribution in [0.25, 0.3) is 0 Å². The minimum atomic E-state index is -3.24. The van der Waals surface area contributed by atoms with Crippen LogP contribution in [0.15, 0.2) is 12.1 Å². The van der Waals surface area contributed by atoms with Crippen molar-refractivity contribution < 1.29 is 27.1 Å². The first-order valence-electron chi connectivity index (χ1n) is 4.40. The molecular formula is C10H7ClF4O2. The van der Waals surface area contributed by atoms with Crippen LogP contribution in [0, 0.1) is 0 Å². The van der Waals surface area contributed by atoms with E-state index in [9.17, 15) is 22.4 Å². The smallest absolute Gasteiger partial charge is 0.387 e. The molecule has 94 valence electrons. The molecule has 0 unspecified atom stereocenters. The van der Waals surface area contributed by atoms with Gasteiger partial charge in [0.15, 0.2) is 5.78 Å². The summed E-state index contributed by atoms with van der Waals surface area (Å²) in [6, 6.07) is 1.54. The zero-order valence-electron chi connectivity index (χ0n) is 8.52. The lowest BCUT2D eigenvalue weighted by Crippen LogP contribution is -2.06. The molecular weight excluding hydrogens is 264 g/mol. The molecule has 0 heterocycles. The van der Waals surface area contributed by atoms with Gasteiger partial charge in [0.25, 0.3) is 6.43 Å². The van der Waals surface area contributed by atoms with E-state index in [2.05, 4.69) is 4.74 Å². The maximum Gasteiger partial charge on any atom is 0.387 e. The highest BCUT2D eigenvalue weighted by molar-refractivity contribution is 6.34. The topological polar surface area (TPSA) is 26.3 Å². The summed E-state index contributed by atoms with van der Waals surface area (Å²) < 4.78 is 53.0. The molecule has 0 fully saturated rings. The van der Waals surface area contributed by atoms with E-state index in [1.807, 2.05) is 0 Å². The number of rotatable bonds is 4. The van der Waals surface area contributed by atoms with Crippen LogP contribution in [0.5, 0.6) is 5.75 Å². The summed E-state index contributed by atoms with van der Waals surface area (Å²) in [6.45, 7) is -2.11. The Labute approximate surface area is 99.1 Å². The zero-order valence-corrected chi connectivity index (χ0v) is 9.27. The summed E-state index contributed by atoms with van der Waals surface area (Å²) >= 11 is 5.59. The maximum atomic E-state index is 12.6. The first-order valence-corrected chi connectivity index (χ1v) is 4.78. The van der Waals surface area contributed by atoms with Gasteiger partial charge in [-0.1, -0.05) is 11.6 Å². The molecule has 1 aromatic rings. The first-order chi connectivity index (χ1) is 7.82. The minimum Gasteiger partial charge on any atom is -0.434 e. The molecule has 17 heavy (non-hydrogen) atoms. The molecule has 0 aliphatic carbocycles. The van der Waals surface area contributed by atoms with Gasteiger partial charge in [-0.15, -0.1) is 0 Å². The SMILES string of the molecule is CC(=O)c1cc(C(F)F)c(OC(F)F)cc1Cl. The third kappa shape index (κ3) is 3.33. The molecule has 0 aliphatic rings. The largest absolute Gasteiger partial charge is 0.434 e. The number of benzene rings is 1. The van der Waals surface area contributed by atoms with Gasteiger partial charge < -0.3 is 4.74 Å². The van der Waals surface area contributed by atoms with Crippen molar-refractivity contribution >= 4 is 17.4 Å². The van der Waals surface area contributed by atoms with Gasteiger partial charge in [-0.05, 0) is 13.0 Å². The highest BCUT2D eigenvalue weighted by Crippen LogP contribution is 2.35. The Bertz CT molecular complexity index is 435. The van der Waals surface area contributed by atoms with Crippen LogP contribution in [-0.2, 0) is 0 Å². The lowest BCUT2D eigenvalue weighted by molar-refractivity contribution is -0.0519. The van der Waals surface area contributed by atoms with E-state index in [0.29, 0.717) is 0 Å². The highest BCUT2D eigenvalue weighted by atomic mass is 35.5. The second-order valence-electron chi connectivity index (χ2n) is 3.11. The van der Waals surface area contributed by atoms with Crippen molar-refractivity contribution in [3.8, 4) is 5.75 Å². The van der Waals surface area contributed by atoms with Gasteiger partial charge in [0.1, 0.15) is 5.75 Å². The molecule has 0 aliphatic heterocycles. The maximum absolute atomic E-state index is 12.6. The summed E-state index contributed by atoms with van der Waals surface area (Å²) in [7, 11) is 0. The molecule has 0 amide bonds. The number of ether oxygens (including phenoxy) is 1. The fourth-order valence-electron chi connectivity index (χ4n) is 1.21. The Morgan fingerprint density at radius 2 is 1.88 bits per heavy atom. The number of hydrogen-bond acceptors (Lipinski definition) is 2. The molecule has 0 saturated heterocycles. The standard InChI is InChI=1S/C10H7ClF4O2/c1-4(16)5-2-6(9(12)13)8(3-7(5)11)17-10(14)15/h2-3,9-10H,1H3. The van der Waals surface area contributed by atoms with Crippen LogP contribution < -0.4 is 4.74 Å². The van der Waals surface area contributed by atoms with Gasteiger partial charge in [-0.2, -0.15) is 8.78 Å². The van der Waals surface area contributed by atoms with Gasteiger partial charge in [-0.25, -0.2) is 8.78 Å². The van der Waals surface area contributed by atoms with E-state index in [-0.39, 0.29) is 10.6 Å². The van der Waals surface area contributed by atoms with Crippen LogP contribution >= 0.6 is 11.6 Å². The van der Waals surface area contributed by atoms with Gasteiger partial charge in [0.2, 0.25) is 0 Å². The van der Waals surface area contributed by atoms with Crippen LogP contribution in [0.4, 0.5) is 17.6 Å². The van der Waals surface area contributed by atoms with Crippen molar-refractivity contribution in [2.24, 2.45) is 0 Å². The van der Waals surface area contributed by atoms with Crippen molar-refractivity contribution in [2.45, 2.75) is 20.0 Å². The molecule has 0 radical (unpaired) electrons. The predicted octanol–water partition coefficient (Wildman–Crippen LogP) is 4.08. The fraction of sp³-hybridized carbons (Fsp3) is 0.300. The average molecular weight is 271 g/mol. The molecule has 0 bridgehead atoms. The fourth-order valence-corrected chi connectivity index (χ4v) is 1.50. The number of ketones is 1. The van der Waals surface area contributed by atoms with Crippen LogP contribution in [0.1, 0.15) is 29.3 Å². The zero-order chi connectivity index (χ0) is 13.2. The van der Waals surface area contributed by atoms with E-state index in [1.54, 1.807) is 0 Å². The van der Waals surface area contributed by atoms with Crippen LogP contribution in [0.2, 0.25) is 5.02 Å². The number of Topliss-reactive ketones (excluding diaryl/α,β-unsaturated/α-hetero) is 1. The van der Waals surface area contributed by atoms with Crippen molar-refractivity contribution in [3.05, 3.63) is 28.3 Å². The Morgan fingerprint density at radius 1 is 1.29 bits per heavy atom. The van der Waals surface area contributed by atoms with Gasteiger partial charge >= 0.3 is 6.61 Å². The van der Waals surface area contributed by atoms with Crippen LogP contribution in [0.3, 0.4) is 0 Å². The lowest BCUT2D eigenvalue weighted by Gasteiger charge is -2.12. The summed E-state index contributed by atoms with van der Waals surface area (Å²) in [4.78, 5) is 11.1. The first kappa shape index (κ1) is 13.8. The summed E-state index contributed by atoms with van der Waals surface area (Å²) in [5.41, 5.74) is -0.955. The molecule has 0 atom stereocenters. The molecule has 1 aromatic carbocycles. The molecule has 0 aromatic heterocycles. The van der Waals surface area contributed by atoms with Gasteiger partial charge in [-0.3, -0.25) is 4.79 Å². The molecule has 0 saturated carbocycles. The Hall–Kier alpha value is -1.30. The second-order valence-corrected chi connectivity index (χ2v) is 3.51. The molecule has 0 N–H and O–H groups in total. The van der Waals surface area contributed by atoms with Crippen molar-refractivity contribution in [3.63, 3.8) is 0 Å². The third-order valence-electron chi connectivity index (χ3n) is 1.93. The number of alkyl halides is 4. The van der Waals surface area contributed by atoms with Gasteiger partial charge in [0.05, 0.1) is 10.6 Å². The number of hydrogen-bond donors (Lipinski definition) is 0. The van der Waals surface area contributed by atoms with Gasteiger partial charge in [0, 0.05) is 11.6 Å². The Morgan fingerprint density at radius 3 is 2.29 bits per heavy atom. The van der Waals surface area contributed by atoms with E-state index < -0.39 is 30.1 Å². The summed E-state index contributed by atoms with van der Waals surface area (Å²) in [6.07, 6.45) is -3.04. The third-order valence-corrected chi connectivity index (χ3v) is 2.24. The summed E-state index contributed by atoms with van der Waals surface area (Å²) in [5, 5.41) is -0.211. The van der Waals surface area contributed by atoms with Crippen LogP contribution in [-0.4, -0.2) is 12.4 Å². The Balaban J connectivity index is 3.30. The second kappa shape index (κ2) is 5.35. The summed E-state index contributed by atoms with van der Waals surface area (Å²) in [5.74, 6) is -1.27. The Kier molecular flexibility index (Phi) is 4.34. The average Bonchev–Trinajstić information content (AvgIpc) is 2.15. The monoisotopic (exact) mass is 270 g/mol. The minimum absolute atomic E-state index is 0.163. The normalized spacial score (nSPS) is 11.1. The predicted molar refractivity (Wildman–Crippen MR) is 53.0 cm³/mol. The highest BCUT2D eigenvalue weighted by Gasteiger charge is 2.21. The molecule has 7 heteroatoms. The van der Waals surface area contributed by atoms with Crippen molar-refractivity contribution in [1.82, 2.24) is 0 Å². The van der Waals surface area contributed by atoms with E-state index >= 15 is 0 Å². The quantitative estimate of drug-likeness (QED) is 0.609. The lowest BCUT2D eigenvalue weighted by atomic mass is 10.1. The number of carbonyl (C=O) groups is 1. The van der Waals surface area contributed by atoms with E-state index in [0.717, 1.165) is 19.1 Å². The van der Waals surface area contributed by atoms with E-state index in [1.165, 1.54) is 0 Å². The van der Waals surface area contributed by atoms with Crippen molar-refractivity contribution in [2.75, 3.05) is 0 Å². The molecule has 1 rings (SSSR count).